The van der Waals surface area contributed by atoms with Gasteiger partial charge in [-0.25, -0.2) is 4.39 Å². The molecule has 2 aliphatic rings. The van der Waals surface area contributed by atoms with E-state index < -0.39 is 5.82 Å². The third-order valence-electron chi connectivity index (χ3n) is 4.22. The molecule has 2 fully saturated rings. The van der Waals surface area contributed by atoms with Crippen molar-refractivity contribution in [3.63, 3.8) is 0 Å². The van der Waals surface area contributed by atoms with E-state index in [9.17, 15) is 9.18 Å². The number of carbonyl (C=O) groups excluding carboxylic acids is 1. The zero-order chi connectivity index (χ0) is 14.1. The Morgan fingerprint density at radius 3 is 2.75 bits per heavy atom. The van der Waals surface area contributed by atoms with Gasteiger partial charge >= 0.3 is 0 Å². The summed E-state index contributed by atoms with van der Waals surface area (Å²) in [5, 5.41) is 3.18. The van der Waals surface area contributed by atoms with Crippen molar-refractivity contribution in [2.75, 3.05) is 13.7 Å². The quantitative estimate of drug-likeness (QED) is 0.921. The Labute approximate surface area is 117 Å². The van der Waals surface area contributed by atoms with Gasteiger partial charge in [0.1, 0.15) is 6.17 Å². The Balaban J connectivity index is 1.87. The van der Waals surface area contributed by atoms with E-state index in [1.165, 1.54) is 13.2 Å². The Morgan fingerprint density at radius 2 is 2.10 bits per heavy atom. The molecule has 1 heterocycles. The Bertz CT molecular complexity index is 515. The van der Waals surface area contributed by atoms with Gasteiger partial charge in [-0.3, -0.25) is 10.1 Å². The van der Waals surface area contributed by atoms with Gasteiger partial charge in [0.15, 0.2) is 11.6 Å². The zero-order valence-corrected chi connectivity index (χ0v) is 11.6. The Morgan fingerprint density at radius 1 is 1.35 bits per heavy atom. The number of nitrogens with zero attached hydrogens (tertiary/aromatic N) is 1. The molecule has 0 radical (unpaired) electrons. The second-order valence-electron chi connectivity index (χ2n) is 5.42. The van der Waals surface area contributed by atoms with Crippen LogP contribution in [-0.4, -0.2) is 30.5 Å². The van der Waals surface area contributed by atoms with Crippen LogP contribution in [0.5, 0.6) is 5.75 Å². The molecule has 0 bridgehead atoms. The zero-order valence-electron chi connectivity index (χ0n) is 11.6. The number of benzene rings is 1. The van der Waals surface area contributed by atoms with E-state index in [2.05, 4.69) is 5.32 Å². The highest BCUT2D eigenvalue weighted by atomic mass is 19.1. The maximum atomic E-state index is 13.8. The van der Waals surface area contributed by atoms with Crippen molar-refractivity contribution in [1.29, 1.82) is 0 Å². The fourth-order valence-corrected chi connectivity index (χ4v) is 3.25. The molecule has 1 aliphatic carbocycles. The number of methoxy groups -OCH3 is 1. The van der Waals surface area contributed by atoms with Crippen molar-refractivity contribution in [1.82, 2.24) is 10.2 Å². The number of carbonyl (C=O) groups is 1. The monoisotopic (exact) mass is 278 g/mol. The van der Waals surface area contributed by atoms with Gasteiger partial charge in [0.05, 0.1) is 13.7 Å². The van der Waals surface area contributed by atoms with Gasteiger partial charge in [-0.1, -0.05) is 18.9 Å². The molecular formula is C15H19FN2O2. The van der Waals surface area contributed by atoms with Crippen LogP contribution in [0.25, 0.3) is 0 Å². The number of ether oxygens (including phenoxy) is 1. The highest BCUT2D eigenvalue weighted by Gasteiger charge is 2.37. The van der Waals surface area contributed by atoms with Gasteiger partial charge in [0, 0.05) is 6.04 Å². The smallest absolute Gasteiger partial charge is 0.238 e. The number of halogens is 1. The van der Waals surface area contributed by atoms with Gasteiger partial charge in [-0.15, -0.1) is 0 Å². The molecular weight excluding hydrogens is 259 g/mol. The van der Waals surface area contributed by atoms with Crippen molar-refractivity contribution >= 4 is 5.91 Å². The van der Waals surface area contributed by atoms with E-state index >= 15 is 0 Å². The lowest BCUT2D eigenvalue weighted by Crippen LogP contribution is -2.38. The van der Waals surface area contributed by atoms with Gasteiger partial charge in [0.2, 0.25) is 5.91 Å². The average molecular weight is 278 g/mol. The topological polar surface area (TPSA) is 41.6 Å². The lowest BCUT2D eigenvalue weighted by molar-refractivity contribution is -0.130. The second-order valence-corrected chi connectivity index (χ2v) is 5.42. The molecule has 108 valence electrons. The summed E-state index contributed by atoms with van der Waals surface area (Å²) in [6, 6.07) is 5.17. The molecule has 1 saturated carbocycles. The van der Waals surface area contributed by atoms with Crippen LogP contribution >= 0.6 is 0 Å². The van der Waals surface area contributed by atoms with Crippen LogP contribution in [0.2, 0.25) is 0 Å². The molecule has 1 aromatic carbocycles. The molecule has 1 aliphatic heterocycles. The van der Waals surface area contributed by atoms with E-state index in [4.69, 9.17) is 4.74 Å². The van der Waals surface area contributed by atoms with Gasteiger partial charge in [-0.2, -0.15) is 0 Å². The maximum Gasteiger partial charge on any atom is 0.238 e. The Hall–Kier alpha value is -1.62. The summed E-state index contributed by atoms with van der Waals surface area (Å²) in [7, 11) is 1.44. The van der Waals surface area contributed by atoms with Crippen molar-refractivity contribution in [2.45, 2.75) is 37.9 Å². The number of rotatable bonds is 3. The van der Waals surface area contributed by atoms with Gasteiger partial charge in [0.25, 0.3) is 0 Å². The minimum Gasteiger partial charge on any atom is -0.494 e. The molecule has 1 amide bonds. The molecule has 1 N–H and O–H groups in total. The summed E-state index contributed by atoms with van der Waals surface area (Å²) in [6.45, 7) is 0.328. The highest BCUT2D eigenvalue weighted by molar-refractivity contribution is 5.81. The third-order valence-corrected chi connectivity index (χ3v) is 4.22. The summed E-state index contributed by atoms with van der Waals surface area (Å²) in [4.78, 5) is 14.0. The fourth-order valence-electron chi connectivity index (χ4n) is 3.25. The van der Waals surface area contributed by atoms with Crippen LogP contribution < -0.4 is 10.1 Å². The molecule has 3 rings (SSSR count). The SMILES string of the molecule is COc1ccc(C2NCC(=O)N2C2CCCC2)cc1F. The van der Waals surface area contributed by atoms with Crippen LogP contribution in [0, 0.1) is 5.82 Å². The first kappa shape index (κ1) is 13.4. The first-order valence-corrected chi connectivity index (χ1v) is 7.08. The van der Waals surface area contributed by atoms with Crippen molar-refractivity contribution < 1.29 is 13.9 Å². The molecule has 20 heavy (non-hydrogen) atoms. The first-order chi connectivity index (χ1) is 9.70. The van der Waals surface area contributed by atoms with Crippen LogP contribution in [0.1, 0.15) is 37.4 Å². The number of amides is 1. The number of nitrogens with one attached hydrogen (secondary N) is 1. The summed E-state index contributed by atoms with van der Waals surface area (Å²) in [5.41, 5.74) is 0.779. The molecule has 5 heteroatoms. The van der Waals surface area contributed by atoms with Gasteiger partial charge in [-0.05, 0) is 30.5 Å². The minimum absolute atomic E-state index is 0.109. The Kier molecular flexibility index (Phi) is 3.61. The lowest BCUT2D eigenvalue weighted by atomic mass is 10.1. The fraction of sp³-hybridized carbons (Fsp3) is 0.533. The van der Waals surface area contributed by atoms with Crippen molar-refractivity contribution in [2.24, 2.45) is 0 Å². The molecule has 1 aromatic rings. The van der Waals surface area contributed by atoms with Crippen LogP contribution in [0.15, 0.2) is 18.2 Å². The largest absolute Gasteiger partial charge is 0.494 e. The van der Waals surface area contributed by atoms with Crippen LogP contribution in [0.4, 0.5) is 4.39 Å². The third kappa shape index (κ3) is 2.26. The van der Waals surface area contributed by atoms with E-state index in [1.807, 2.05) is 11.0 Å². The lowest BCUT2D eigenvalue weighted by Gasteiger charge is -2.30. The normalized spacial score (nSPS) is 23.6. The van der Waals surface area contributed by atoms with Crippen LogP contribution in [-0.2, 0) is 4.79 Å². The van der Waals surface area contributed by atoms with Gasteiger partial charge < -0.3 is 9.64 Å². The van der Waals surface area contributed by atoms with Crippen molar-refractivity contribution in [3.05, 3.63) is 29.6 Å². The average Bonchev–Trinajstić information content (AvgIpc) is 3.07. The van der Waals surface area contributed by atoms with E-state index in [-0.39, 0.29) is 23.9 Å². The predicted molar refractivity (Wildman–Crippen MR) is 72.8 cm³/mol. The standard InChI is InChI=1S/C15H19FN2O2/c1-20-13-7-6-10(8-12(13)16)15-17-9-14(19)18(15)11-4-2-3-5-11/h6-8,11,15,17H,2-5,9H2,1H3. The minimum atomic E-state index is -0.391. The molecule has 1 atom stereocenters. The molecule has 4 nitrogen and oxygen atoms in total. The summed E-state index contributed by atoms with van der Waals surface area (Å²) < 4.78 is 18.8. The summed E-state index contributed by atoms with van der Waals surface area (Å²) in [6.07, 6.45) is 4.20. The molecule has 0 aromatic heterocycles. The van der Waals surface area contributed by atoms with E-state index in [1.54, 1.807) is 6.07 Å². The molecule has 1 unspecified atom stereocenters. The number of hydrogen-bond donors (Lipinski definition) is 1. The molecule has 0 spiro atoms. The first-order valence-electron chi connectivity index (χ1n) is 7.08. The molecule has 1 saturated heterocycles. The second kappa shape index (κ2) is 5.40. The van der Waals surface area contributed by atoms with E-state index in [0.717, 1.165) is 31.2 Å². The summed E-state index contributed by atoms with van der Waals surface area (Å²) in [5.74, 6) is -0.0545. The number of hydrogen-bond acceptors (Lipinski definition) is 3. The highest BCUT2D eigenvalue weighted by Crippen LogP contribution is 2.33. The van der Waals surface area contributed by atoms with Crippen molar-refractivity contribution in [3.8, 4) is 5.75 Å². The van der Waals surface area contributed by atoms with Crippen LogP contribution in [0.3, 0.4) is 0 Å². The van der Waals surface area contributed by atoms with E-state index in [0.29, 0.717) is 6.54 Å². The summed E-state index contributed by atoms with van der Waals surface area (Å²) >= 11 is 0. The maximum absolute atomic E-state index is 13.8. The predicted octanol–water partition coefficient (Wildman–Crippen LogP) is 2.21.